The standard InChI is InChI=1S/C22H17ClFNO4S/c1-10(2)28-21(26)18-16(15-12(23)7-5-8-13(15)24)17-19(29-20(18)25)11-6-3-4-9-14(11)30-22(17)27/h3-10,16H,25H2,1-2H3. The van der Waals surface area contributed by atoms with Crippen LogP contribution in [0.15, 0.2) is 58.7 Å². The summed E-state index contributed by atoms with van der Waals surface area (Å²) in [5.41, 5.74) is 6.06. The maximum absolute atomic E-state index is 15.0. The van der Waals surface area contributed by atoms with Crippen LogP contribution in [-0.4, -0.2) is 12.1 Å². The molecule has 0 bridgehead atoms. The second kappa shape index (κ2) is 7.74. The summed E-state index contributed by atoms with van der Waals surface area (Å²) in [6, 6.07) is 11.3. The fourth-order valence-electron chi connectivity index (χ4n) is 3.52. The minimum atomic E-state index is -1.16. The van der Waals surface area contributed by atoms with E-state index in [0.717, 1.165) is 11.3 Å². The smallest absolute Gasteiger partial charge is 0.340 e. The van der Waals surface area contributed by atoms with Crippen molar-refractivity contribution in [1.29, 1.82) is 0 Å². The van der Waals surface area contributed by atoms with Gasteiger partial charge in [-0.05, 0) is 38.1 Å². The zero-order valence-electron chi connectivity index (χ0n) is 16.1. The highest BCUT2D eigenvalue weighted by atomic mass is 35.5. The lowest BCUT2D eigenvalue weighted by Crippen LogP contribution is -2.32. The number of benzene rings is 2. The third kappa shape index (κ3) is 3.34. The molecule has 2 heterocycles. The van der Waals surface area contributed by atoms with Gasteiger partial charge in [0.25, 0.3) is 0 Å². The Morgan fingerprint density at radius 3 is 2.63 bits per heavy atom. The van der Waals surface area contributed by atoms with Crippen LogP contribution in [0, 0.1) is 5.82 Å². The maximum atomic E-state index is 15.0. The first-order chi connectivity index (χ1) is 14.3. The zero-order chi connectivity index (χ0) is 21.6. The van der Waals surface area contributed by atoms with Gasteiger partial charge >= 0.3 is 5.97 Å². The summed E-state index contributed by atoms with van der Waals surface area (Å²) in [5.74, 6) is -2.69. The largest absolute Gasteiger partial charge is 0.459 e. The first-order valence-corrected chi connectivity index (χ1v) is 10.4. The average Bonchev–Trinajstić information content (AvgIpc) is 2.66. The lowest BCUT2D eigenvalue weighted by Gasteiger charge is -2.29. The molecule has 0 radical (unpaired) electrons. The highest BCUT2D eigenvalue weighted by Gasteiger charge is 2.41. The van der Waals surface area contributed by atoms with E-state index in [2.05, 4.69) is 0 Å². The molecule has 0 amide bonds. The lowest BCUT2D eigenvalue weighted by atomic mass is 9.83. The summed E-state index contributed by atoms with van der Waals surface area (Å²) in [4.78, 5) is 26.0. The number of rotatable bonds is 3. The van der Waals surface area contributed by atoms with Crippen LogP contribution >= 0.6 is 22.9 Å². The molecule has 4 rings (SSSR count). The van der Waals surface area contributed by atoms with E-state index in [0.29, 0.717) is 10.1 Å². The van der Waals surface area contributed by atoms with E-state index in [1.165, 1.54) is 18.2 Å². The van der Waals surface area contributed by atoms with Crippen molar-refractivity contribution in [3.8, 4) is 5.75 Å². The van der Waals surface area contributed by atoms with Gasteiger partial charge in [-0.1, -0.05) is 41.1 Å². The van der Waals surface area contributed by atoms with Crippen LogP contribution < -0.4 is 15.2 Å². The van der Waals surface area contributed by atoms with E-state index in [-0.39, 0.29) is 38.1 Å². The Kier molecular flexibility index (Phi) is 5.26. The second-order valence-corrected chi connectivity index (χ2v) is 8.45. The molecule has 1 atom stereocenters. The number of fused-ring (bicyclic) bond motifs is 3. The third-order valence-corrected chi connectivity index (χ3v) is 6.02. The molecular formula is C22H17ClFNO4S. The van der Waals surface area contributed by atoms with E-state index < -0.39 is 23.8 Å². The van der Waals surface area contributed by atoms with Crippen LogP contribution in [0.5, 0.6) is 5.75 Å². The highest BCUT2D eigenvalue weighted by Crippen LogP contribution is 2.47. The van der Waals surface area contributed by atoms with Crippen molar-refractivity contribution < 1.29 is 18.7 Å². The van der Waals surface area contributed by atoms with Crippen LogP contribution in [0.2, 0.25) is 5.02 Å². The summed E-state index contributed by atoms with van der Waals surface area (Å²) in [7, 11) is 0. The van der Waals surface area contributed by atoms with Gasteiger partial charge in [-0.25, -0.2) is 9.18 Å². The fraction of sp³-hybridized carbons (Fsp3) is 0.182. The molecule has 0 aliphatic carbocycles. The van der Waals surface area contributed by atoms with Crippen molar-refractivity contribution in [2.75, 3.05) is 0 Å². The first-order valence-electron chi connectivity index (χ1n) is 9.17. The SMILES string of the molecule is CC(C)OC(=O)C1=C(N)Oc2c(c(=O)sc3ccccc23)C1c1c(F)cccc1Cl. The molecule has 1 unspecified atom stereocenters. The summed E-state index contributed by atoms with van der Waals surface area (Å²) in [6.07, 6.45) is -0.456. The van der Waals surface area contributed by atoms with Gasteiger partial charge in [0.1, 0.15) is 17.1 Å². The van der Waals surface area contributed by atoms with E-state index >= 15 is 0 Å². The number of hydrogen-bond donors (Lipinski definition) is 1. The lowest BCUT2D eigenvalue weighted by molar-refractivity contribution is -0.143. The summed E-state index contributed by atoms with van der Waals surface area (Å²) in [6.45, 7) is 3.35. The Morgan fingerprint density at radius 2 is 1.93 bits per heavy atom. The first kappa shape index (κ1) is 20.4. The van der Waals surface area contributed by atoms with E-state index in [1.807, 2.05) is 0 Å². The van der Waals surface area contributed by atoms with E-state index in [4.69, 9.17) is 26.8 Å². The number of carbonyl (C=O) groups is 1. The molecule has 0 spiro atoms. The topological polar surface area (TPSA) is 78.6 Å². The number of halogens is 2. The minimum Gasteiger partial charge on any atom is -0.459 e. The van der Waals surface area contributed by atoms with Crippen LogP contribution in [-0.2, 0) is 9.53 Å². The molecule has 0 fully saturated rings. The molecule has 3 aromatic rings. The van der Waals surface area contributed by atoms with E-state index in [1.54, 1.807) is 38.1 Å². The molecule has 2 aromatic carbocycles. The van der Waals surface area contributed by atoms with Crippen molar-refractivity contribution in [1.82, 2.24) is 0 Å². The van der Waals surface area contributed by atoms with E-state index in [9.17, 15) is 14.0 Å². The van der Waals surface area contributed by atoms with Crippen molar-refractivity contribution in [3.05, 3.63) is 85.4 Å². The van der Waals surface area contributed by atoms with Crippen molar-refractivity contribution >= 4 is 39.0 Å². The molecule has 2 N–H and O–H groups in total. The Hall–Kier alpha value is -2.90. The normalized spacial score (nSPS) is 15.8. The zero-order valence-corrected chi connectivity index (χ0v) is 17.6. The van der Waals surface area contributed by atoms with Gasteiger partial charge in [0, 0.05) is 20.7 Å². The van der Waals surface area contributed by atoms with Crippen LogP contribution in [0.1, 0.15) is 30.9 Å². The number of ether oxygens (including phenoxy) is 2. The highest BCUT2D eigenvalue weighted by molar-refractivity contribution is 7.16. The third-order valence-electron chi connectivity index (χ3n) is 4.70. The predicted octanol–water partition coefficient (Wildman–Crippen LogP) is 4.70. The Labute approximate surface area is 180 Å². The maximum Gasteiger partial charge on any atom is 0.340 e. The van der Waals surface area contributed by atoms with Crippen LogP contribution in [0.4, 0.5) is 4.39 Å². The number of hydrogen-bond acceptors (Lipinski definition) is 6. The van der Waals surface area contributed by atoms with Gasteiger partial charge in [0.2, 0.25) is 10.6 Å². The van der Waals surface area contributed by atoms with Gasteiger partial charge in [-0.3, -0.25) is 4.79 Å². The molecule has 154 valence electrons. The van der Waals surface area contributed by atoms with Gasteiger partial charge in [-0.2, -0.15) is 0 Å². The predicted molar refractivity (Wildman–Crippen MR) is 114 cm³/mol. The van der Waals surface area contributed by atoms with Crippen LogP contribution in [0.25, 0.3) is 10.1 Å². The minimum absolute atomic E-state index is 0.0260. The molecule has 1 aliphatic heterocycles. The van der Waals surface area contributed by atoms with Crippen molar-refractivity contribution in [2.45, 2.75) is 25.9 Å². The number of esters is 1. The quantitative estimate of drug-likeness (QED) is 0.591. The molecule has 8 heteroatoms. The summed E-state index contributed by atoms with van der Waals surface area (Å²) in [5, 5.41) is 0.696. The van der Waals surface area contributed by atoms with Crippen LogP contribution in [0.3, 0.4) is 0 Å². The average molecular weight is 446 g/mol. The van der Waals surface area contributed by atoms with Gasteiger partial charge < -0.3 is 15.2 Å². The molecule has 0 saturated heterocycles. The van der Waals surface area contributed by atoms with Gasteiger partial charge in [0.15, 0.2) is 0 Å². The Balaban J connectivity index is 2.08. The molecular weight excluding hydrogens is 429 g/mol. The van der Waals surface area contributed by atoms with Gasteiger partial charge in [-0.15, -0.1) is 0 Å². The van der Waals surface area contributed by atoms with Crippen molar-refractivity contribution in [2.24, 2.45) is 5.73 Å². The number of carbonyl (C=O) groups excluding carboxylic acids is 1. The summed E-state index contributed by atoms with van der Waals surface area (Å²) >= 11 is 7.31. The number of nitrogens with two attached hydrogens (primary N) is 1. The molecule has 5 nitrogen and oxygen atoms in total. The fourth-order valence-corrected chi connectivity index (χ4v) is 4.73. The second-order valence-electron chi connectivity index (χ2n) is 7.03. The molecule has 30 heavy (non-hydrogen) atoms. The molecule has 0 saturated carbocycles. The molecule has 1 aromatic heterocycles. The Morgan fingerprint density at radius 1 is 1.20 bits per heavy atom. The Bertz CT molecular complexity index is 1250. The molecule has 1 aliphatic rings. The van der Waals surface area contributed by atoms with Crippen molar-refractivity contribution in [3.63, 3.8) is 0 Å². The summed E-state index contributed by atoms with van der Waals surface area (Å²) < 4.78 is 26.3. The monoisotopic (exact) mass is 445 g/mol. The van der Waals surface area contributed by atoms with Gasteiger partial charge in [0.05, 0.1) is 17.6 Å².